The van der Waals surface area contributed by atoms with Gasteiger partial charge in [0.15, 0.2) is 0 Å². The van der Waals surface area contributed by atoms with Gasteiger partial charge in [-0.3, -0.25) is 0 Å². The Morgan fingerprint density at radius 3 is 2.40 bits per heavy atom. The first-order chi connectivity index (χ1) is 9.15. The van der Waals surface area contributed by atoms with Gasteiger partial charge in [-0.1, -0.05) is 12.1 Å². The van der Waals surface area contributed by atoms with E-state index in [1.165, 1.54) is 6.07 Å². The predicted octanol–water partition coefficient (Wildman–Crippen LogP) is 0.528. The van der Waals surface area contributed by atoms with Crippen LogP contribution in [0.25, 0.3) is 0 Å². The minimum atomic E-state index is -3.66. The van der Waals surface area contributed by atoms with Gasteiger partial charge in [-0.05, 0) is 32.9 Å². The average Bonchev–Trinajstić information content (AvgIpc) is 2.33. The van der Waals surface area contributed by atoms with Crippen LogP contribution in [0.2, 0.25) is 0 Å². The first-order valence-electron chi connectivity index (χ1n) is 6.31. The number of nitrogens with one attached hydrogen (secondary N) is 2. The van der Waals surface area contributed by atoms with Crippen LogP contribution in [0, 0.1) is 0 Å². The molecule has 1 aromatic carbocycles. The van der Waals surface area contributed by atoms with Gasteiger partial charge >= 0.3 is 0 Å². The van der Waals surface area contributed by atoms with Crippen molar-refractivity contribution in [3.8, 4) is 0 Å². The molecule has 1 unspecified atom stereocenters. The molecule has 1 rings (SSSR count). The van der Waals surface area contributed by atoms with Crippen LogP contribution in [0.1, 0.15) is 20.8 Å². The highest BCUT2D eigenvalue weighted by Gasteiger charge is 2.24. The first-order valence-corrected chi connectivity index (χ1v) is 7.80. The lowest BCUT2D eigenvalue weighted by atomic mass is 10.1. The van der Waals surface area contributed by atoms with E-state index in [4.69, 9.17) is 5.11 Å². The third-order valence-corrected chi connectivity index (χ3v) is 4.17. The van der Waals surface area contributed by atoms with Crippen LogP contribution in [0.3, 0.4) is 0 Å². The maximum Gasteiger partial charge on any atom is 0.243 e. The summed E-state index contributed by atoms with van der Waals surface area (Å²) < 4.78 is 27.2. The van der Waals surface area contributed by atoms with Crippen LogP contribution >= 0.6 is 0 Å². The Labute approximate surface area is 119 Å². The van der Waals surface area contributed by atoms with Crippen molar-refractivity contribution in [1.82, 2.24) is 4.72 Å². The summed E-state index contributed by atoms with van der Waals surface area (Å²) in [5.41, 5.74) is -0.201. The van der Waals surface area contributed by atoms with E-state index in [1.807, 2.05) is 0 Å². The Morgan fingerprint density at radius 1 is 1.25 bits per heavy atom. The zero-order valence-corrected chi connectivity index (χ0v) is 12.7. The standard InChI is InChI=1S/C13H22N2O4S/c1-13(2,3)15-20(18,19)12-7-5-4-6-11(12)14-8-10(17)9-16/h4-7,10,14-17H,8-9H2,1-3H3. The van der Waals surface area contributed by atoms with Crippen molar-refractivity contribution in [1.29, 1.82) is 0 Å². The summed E-state index contributed by atoms with van der Waals surface area (Å²) in [5, 5.41) is 20.9. The van der Waals surface area contributed by atoms with Crippen molar-refractivity contribution in [2.75, 3.05) is 18.5 Å². The third kappa shape index (κ3) is 5.09. The van der Waals surface area contributed by atoms with Crippen molar-refractivity contribution in [2.24, 2.45) is 0 Å². The van der Waals surface area contributed by atoms with Crippen molar-refractivity contribution in [3.05, 3.63) is 24.3 Å². The molecule has 0 saturated heterocycles. The molecule has 0 aliphatic rings. The predicted molar refractivity (Wildman–Crippen MR) is 78.1 cm³/mol. The van der Waals surface area contributed by atoms with E-state index in [2.05, 4.69) is 10.0 Å². The Bertz CT molecular complexity index is 538. The number of anilines is 1. The van der Waals surface area contributed by atoms with E-state index < -0.39 is 21.7 Å². The van der Waals surface area contributed by atoms with Crippen molar-refractivity contribution >= 4 is 15.7 Å². The number of sulfonamides is 1. The Hall–Kier alpha value is -1.15. The van der Waals surface area contributed by atoms with Gasteiger partial charge in [-0.15, -0.1) is 0 Å². The van der Waals surface area contributed by atoms with Crippen LogP contribution < -0.4 is 10.0 Å². The monoisotopic (exact) mass is 302 g/mol. The molecule has 0 bridgehead atoms. The second kappa shape index (κ2) is 6.53. The molecule has 0 heterocycles. The highest BCUT2D eigenvalue weighted by atomic mass is 32.2. The van der Waals surface area contributed by atoms with Gasteiger partial charge in [0.25, 0.3) is 0 Å². The lowest BCUT2D eigenvalue weighted by Crippen LogP contribution is -2.40. The second-order valence-corrected chi connectivity index (χ2v) is 7.22. The second-order valence-electron chi connectivity index (χ2n) is 5.57. The van der Waals surface area contributed by atoms with E-state index in [-0.39, 0.29) is 18.0 Å². The molecule has 4 N–H and O–H groups in total. The number of aliphatic hydroxyl groups is 2. The van der Waals surface area contributed by atoms with Crippen LogP contribution in [0.5, 0.6) is 0 Å². The Balaban J connectivity index is 3.01. The maximum atomic E-state index is 12.3. The van der Waals surface area contributed by atoms with Gasteiger partial charge in [-0.2, -0.15) is 0 Å². The fourth-order valence-electron chi connectivity index (χ4n) is 1.60. The molecule has 0 aliphatic carbocycles. The Kier molecular flexibility index (Phi) is 5.52. The summed E-state index contributed by atoms with van der Waals surface area (Å²) in [5.74, 6) is 0. The number of para-hydroxylation sites is 1. The number of benzene rings is 1. The van der Waals surface area contributed by atoms with Crippen molar-refractivity contribution in [2.45, 2.75) is 37.3 Å². The molecule has 6 nitrogen and oxygen atoms in total. The number of hydrogen-bond acceptors (Lipinski definition) is 5. The molecule has 0 saturated carbocycles. The SMILES string of the molecule is CC(C)(C)NS(=O)(=O)c1ccccc1NCC(O)CO. The molecule has 114 valence electrons. The minimum absolute atomic E-state index is 0.0680. The third-order valence-electron chi connectivity index (χ3n) is 2.36. The van der Waals surface area contributed by atoms with Gasteiger partial charge in [0.1, 0.15) is 4.90 Å². The molecule has 0 radical (unpaired) electrons. The number of rotatable bonds is 6. The summed E-state index contributed by atoms with van der Waals surface area (Å²) in [7, 11) is -3.66. The van der Waals surface area contributed by atoms with Crippen LogP contribution in [0.4, 0.5) is 5.69 Å². The molecule has 7 heteroatoms. The highest BCUT2D eigenvalue weighted by molar-refractivity contribution is 7.89. The van der Waals surface area contributed by atoms with Gasteiger partial charge < -0.3 is 15.5 Å². The normalized spacial score (nSPS) is 14.1. The fourth-order valence-corrected chi connectivity index (χ4v) is 3.20. The molecule has 0 aromatic heterocycles. The quantitative estimate of drug-likeness (QED) is 0.614. The zero-order valence-electron chi connectivity index (χ0n) is 11.9. The van der Waals surface area contributed by atoms with Crippen LogP contribution in [0.15, 0.2) is 29.2 Å². The average molecular weight is 302 g/mol. The molecular weight excluding hydrogens is 280 g/mol. The van der Waals surface area contributed by atoms with Gasteiger partial charge in [-0.25, -0.2) is 13.1 Å². The zero-order chi connectivity index (χ0) is 15.4. The van der Waals surface area contributed by atoms with Gasteiger partial charge in [0.05, 0.1) is 18.4 Å². The largest absolute Gasteiger partial charge is 0.394 e. The molecule has 1 atom stereocenters. The first kappa shape index (κ1) is 16.9. The van der Waals surface area contributed by atoms with E-state index in [1.54, 1.807) is 39.0 Å². The topological polar surface area (TPSA) is 98.7 Å². The molecular formula is C13H22N2O4S. The smallest absolute Gasteiger partial charge is 0.243 e. The number of aliphatic hydroxyl groups excluding tert-OH is 2. The Morgan fingerprint density at radius 2 is 1.85 bits per heavy atom. The summed E-state index contributed by atoms with van der Waals surface area (Å²) in [6.07, 6.45) is -0.943. The van der Waals surface area contributed by atoms with Crippen LogP contribution in [-0.2, 0) is 10.0 Å². The molecule has 0 fully saturated rings. The fraction of sp³-hybridized carbons (Fsp3) is 0.538. The van der Waals surface area contributed by atoms with Crippen molar-refractivity contribution < 1.29 is 18.6 Å². The lowest BCUT2D eigenvalue weighted by molar-refractivity contribution is 0.105. The summed E-state index contributed by atoms with van der Waals surface area (Å²) in [4.78, 5) is 0.111. The molecule has 0 spiro atoms. The highest BCUT2D eigenvalue weighted by Crippen LogP contribution is 2.22. The van der Waals surface area contributed by atoms with E-state index in [0.717, 1.165) is 0 Å². The maximum absolute atomic E-state index is 12.3. The summed E-state index contributed by atoms with van der Waals surface area (Å²) >= 11 is 0. The van der Waals surface area contributed by atoms with Gasteiger partial charge in [0, 0.05) is 12.1 Å². The van der Waals surface area contributed by atoms with E-state index in [9.17, 15) is 13.5 Å². The van der Waals surface area contributed by atoms with E-state index in [0.29, 0.717) is 5.69 Å². The summed E-state index contributed by atoms with van der Waals surface area (Å²) in [6.45, 7) is 4.96. The van der Waals surface area contributed by atoms with Gasteiger partial charge in [0.2, 0.25) is 10.0 Å². The summed E-state index contributed by atoms with van der Waals surface area (Å²) in [6, 6.07) is 6.43. The number of hydrogen-bond donors (Lipinski definition) is 4. The molecule has 0 aliphatic heterocycles. The van der Waals surface area contributed by atoms with Crippen molar-refractivity contribution in [3.63, 3.8) is 0 Å². The molecule has 20 heavy (non-hydrogen) atoms. The molecule has 1 aromatic rings. The lowest BCUT2D eigenvalue weighted by Gasteiger charge is -2.22. The van der Waals surface area contributed by atoms with E-state index >= 15 is 0 Å². The minimum Gasteiger partial charge on any atom is -0.394 e. The van der Waals surface area contributed by atoms with Crippen LogP contribution in [-0.4, -0.2) is 43.4 Å². The molecule has 0 amide bonds.